The first-order valence-corrected chi connectivity index (χ1v) is 10.6. The Bertz CT molecular complexity index is 874. The molecule has 0 atom stereocenters. The summed E-state index contributed by atoms with van der Waals surface area (Å²) in [7, 11) is 0. The fraction of sp³-hybridized carbons (Fsp3) is 0.522. The molecule has 0 radical (unpaired) electrons. The molecule has 1 aromatic carbocycles. The van der Waals surface area contributed by atoms with Gasteiger partial charge in [0, 0.05) is 36.3 Å². The molecule has 1 saturated carbocycles. The molecular formula is C23H29N3O4. The molecule has 30 heavy (non-hydrogen) atoms. The summed E-state index contributed by atoms with van der Waals surface area (Å²) >= 11 is 0. The van der Waals surface area contributed by atoms with Crippen molar-refractivity contribution >= 4 is 12.0 Å². The number of ether oxygens (including phenoxy) is 1. The average Bonchev–Trinajstić information content (AvgIpc) is 3.39. The van der Waals surface area contributed by atoms with E-state index in [-0.39, 0.29) is 18.0 Å². The Morgan fingerprint density at radius 1 is 1.07 bits per heavy atom. The maximum Gasteiger partial charge on any atom is 0.410 e. The molecule has 4 rings (SSSR count). The zero-order valence-electron chi connectivity index (χ0n) is 17.8. The highest BCUT2D eigenvalue weighted by Crippen LogP contribution is 2.34. The van der Waals surface area contributed by atoms with E-state index in [1.54, 1.807) is 11.1 Å². The molecule has 2 amide bonds. The maximum absolute atomic E-state index is 13.3. The van der Waals surface area contributed by atoms with Gasteiger partial charge in [-0.15, -0.1) is 0 Å². The Balaban J connectivity index is 1.41. The van der Waals surface area contributed by atoms with Gasteiger partial charge in [-0.05, 0) is 58.6 Å². The summed E-state index contributed by atoms with van der Waals surface area (Å²) in [6, 6.07) is 7.95. The molecule has 2 heterocycles. The lowest BCUT2D eigenvalue weighted by Gasteiger charge is -2.39. The first-order chi connectivity index (χ1) is 14.3. The van der Waals surface area contributed by atoms with E-state index in [2.05, 4.69) is 9.88 Å². The molecule has 1 aliphatic heterocycles. The summed E-state index contributed by atoms with van der Waals surface area (Å²) in [5.41, 5.74) is 1.08. The highest BCUT2D eigenvalue weighted by Gasteiger charge is 2.39. The van der Waals surface area contributed by atoms with Crippen molar-refractivity contribution in [1.82, 2.24) is 14.8 Å². The number of hydrogen-bond acceptors (Lipinski definition) is 5. The number of carbonyl (C=O) groups excluding carboxylic acids is 2. The Morgan fingerprint density at radius 2 is 1.70 bits per heavy atom. The van der Waals surface area contributed by atoms with Crippen LogP contribution in [-0.2, 0) is 4.74 Å². The van der Waals surface area contributed by atoms with Crippen LogP contribution in [0.25, 0.3) is 11.3 Å². The van der Waals surface area contributed by atoms with E-state index in [1.165, 1.54) is 6.39 Å². The first kappa shape index (κ1) is 20.4. The SMILES string of the molecule is CC(C)(C)OC(=O)N1CCC(N(C(=O)c2ccc(-c3cnco3)cc2)C2CC2)CC1. The van der Waals surface area contributed by atoms with Gasteiger partial charge in [-0.2, -0.15) is 0 Å². The van der Waals surface area contributed by atoms with Crippen molar-refractivity contribution in [2.24, 2.45) is 0 Å². The van der Waals surface area contributed by atoms with Crippen LogP contribution >= 0.6 is 0 Å². The van der Waals surface area contributed by atoms with Crippen molar-refractivity contribution < 1.29 is 18.7 Å². The van der Waals surface area contributed by atoms with E-state index in [1.807, 2.05) is 45.0 Å². The second-order valence-electron chi connectivity index (χ2n) is 9.09. The van der Waals surface area contributed by atoms with Crippen molar-refractivity contribution in [3.8, 4) is 11.3 Å². The van der Waals surface area contributed by atoms with E-state index in [0.717, 1.165) is 31.2 Å². The molecular weight excluding hydrogens is 382 g/mol. The molecule has 0 N–H and O–H groups in total. The van der Waals surface area contributed by atoms with Gasteiger partial charge in [-0.3, -0.25) is 4.79 Å². The van der Waals surface area contributed by atoms with Gasteiger partial charge in [0.2, 0.25) is 0 Å². The minimum atomic E-state index is -0.498. The molecule has 2 aromatic rings. The second-order valence-corrected chi connectivity index (χ2v) is 9.09. The largest absolute Gasteiger partial charge is 0.444 e. The van der Waals surface area contributed by atoms with E-state index in [0.29, 0.717) is 30.5 Å². The lowest BCUT2D eigenvalue weighted by Crippen LogP contribution is -2.50. The van der Waals surface area contributed by atoms with Gasteiger partial charge in [0.25, 0.3) is 5.91 Å². The molecule has 7 nitrogen and oxygen atoms in total. The quantitative estimate of drug-likeness (QED) is 0.748. The zero-order chi connectivity index (χ0) is 21.3. The lowest BCUT2D eigenvalue weighted by molar-refractivity contribution is 0.0142. The Morgan fingerprint density at radius 3 is 2.23 bits per heavy atom. The van der Waals surface area contributed by atoms with E-state index >= 15 is 0 Å². The molecule has 1 aromatic heterocycles. The van der Waals surface area contributed by atoms with Gasteiger partial charge in [0.15, 0.2) is 12.2 Å². The van der Waals surface area contributed by atoms with Crippen LogP contribution in [0.5, 0.6) is 0 Å². The Hall–Kier alpha value is -2.83. The third kappa shape index (κ3) is 4.66. The zero-order valence-corrected chi connectivity index (χ0v) is 17.8. The highest BCUT2D eigenvalue weighted by molar-refractivity contribution is 5.95. The summed E-state index contributed by atoms with van der Waals surface area (Å²) in [6.45, 7) is 6.84. The number of rotatable bonds is 4. The summed E-state index contributed by atoms with van der Waals surface area (Å²) in [5, 5.41) is 0. The Labute approximate surface area is 177 Å². The number of nitrogens with zero attached hydrogens (tertiary/aromatic N) is 3. The van der Waals surface area contributed by atoms with Crippen molar-refractivity contribution in [3.05, 3.63) is 42.4 Å². The fourth-order valence-corrected chi connectivity index (χ4v) is 3.92. The third-order valence-electron chi connectivity index (χ3n) is 5.53. The number of likely N-dealkylation sites (tertiary alicyclic amines) is 1. The normalized spacial score (nSPS) is 17.6. The van der Waals surface area contributed by atoms with Crippen LogP contribution < -0.4 is 0 Å². The van der Waals surface area contributed by atoms with Crippen LogP contribution in [-0.4, -0.2) is 57.6 Å². The predicted molar refractivity (Wildman–Crippen MR) is 112 cm³/mol. The molecule has 0 bridgehead atoms. The van der Waals surface area contributed by atoms with Gasteiger partial charge in [0.05, 0.1) is 6.20 Å². The number of amides is 2. The number of benzene rings is 1. The molecule has 0 spiro atoms. The number of piperidine rings is 1. The monoisotopic (exact) mass is 411 g/mol. The molecule has 7 heteroatoms. The minimum Gasteiger partial charge on any atom is -0.444 e. The number of carbonyl (C=O) groups is 2. The highest BCUT2D eigenvalue weighted by atomic mass is 16.6. The van der Waals surface area contributed by atoms with Crippen molar-refractivity contribution in [3.63, 3.8) is 0 Å². The van der Waals surface area contributed by atoms with Gasteiger partial charge in [0.1, 0.15) is 5.60 Å². The van der Waals surface area contributed by atoms with Gasteiger partial charge in [-0.1, -0.05) is 12.1 Å². The molecule has 2 aliphatic rings. The number of hydrogen-bond donors (Lipinski definition) is 0. The van der Waals surface area contributed by atoms with Crippen molar-refractivity contribution in [2.75, 3.05) is 13.1 Å². The van der Waals surface area contributed by atoms with E-state index in [9.17, 15) is 9.59 Å². The molecule has 1 saturated heterocycles. The molecule has 1 aliphatic carbocycles. The lowest BCUT2D eigenvalue weighted by atomic mass is 10.0. The van der Waals surface area contributed by atoms with Crippen LogP contribution in [0.15, 0.2) is 41.3 Å². The van der Waals surface area contributed by atoms with Crippen LogP contribution in [0.2, 0.25) is 0 Å². The third-order valence-corrected chi connectivity index (χ3v) is 5.53. The summed E-state index contributed by atoms with van der Waals surface area (Å²) < 4.78 is 10.8. The average molecular weight is 412 g/mol. The second kappa shape index (κ2) is 8.13. The van der Waals surface area contributed by atoms with Crippen molar-refractivity contribution in [2.45, 2.75) is 64.1 Å². The van der Waals surface area contributed by atoms with Gasteiger partial charge in [-0.25, -0.2) is 9.78 Å². The first-order valence-electron chi connectivity index (χ1n) is 10.6. The van der Waals surface area contributed by atoms with E-state index < -0.39 is 5.60 Å². The van der Waals surface area contributed by atoms with Crippen LogP contribution in [0.1, 0.15) is 56.8 Å². The molecule has 160 valence electrons. The Kier molecular flexibility index (Phi) is 5.54. The molecule has 2 fully saturated rings. The number of aromatic nitrogens is 1. The van der Waals surface area contributed by atoms with Gasteiger partial charge < -0.3 is 19.0 Å². The summed E-state index contributed by atoms with van der Waals surface area (Å²) in [4.78, 5) is 33.4. The fourth-order valence-electron chi connectivity index (χ4n) is 3.92. The smallest absolute Gasteiger partial charge is 0.410 e. The minimum absolute atomic E-state index is 0.0670. The van der Waals surface area contributed by atoms with Crippen LogP contribution in [0.3, 0.4) is 0 Å². The summed E-state index contributed by atoms with van der Waals surface area (Å²) in [5.74, 6) is 0.750. The summed E-state index contributed by atoms with van der Waals surface area (Å²) in [6.07, 6.45) is 6.43. The number of oxazole rings is 1. The maximum atomic E-state index is 13.3. The van der Waals surface area contributed by atoms with Crippen LogP contribution in [0, 0.1) is 0 Å². The van der Waals surface area contributed by atoms with Crippen LogP contribution in [0.4, 0.5) is 4.79 Å². The van der Waals surface area contributed by atoms with E-state index in [4.69, 9.17) is 9.15 Å². The standard InChI is InChI=1S/C23H29N3O4/c1-23(2,3)30-22(28)25-12-10-19(11-13-25)26(18-8-9-18)21(27)17-6-4-16(5-7-17)20-14-24-15-29-20/h4-7,14-15,18-19H,8-13H2,1-3H3. The van der Waals surface area contributed by atoms with Gasteiger partial charge >= 0.3 is 6.09 Å². The van der Waals surface area contributed by atoms with Crippen molar-refractivity contribution in [1.29, 1.82) is 0 Å². The predicted octanol–water partition coefficient (Wildman–Crippen LogP) is 4.35. The topological polar surface area (TPSA) is 75.9 Å². The molecule has 0 unspecified atom stereocenters.